The van der Waals surface area contributed by atoms with E-state index in [9.17, 15) is 18.0 Å². The Morgan fingerprint density at radius 3 is 2.23 bits per heavy atom. The van der Waals surface area contributed by atoms with Crippen LogP contribution in [0.1, 0.15) is 37.7 Å². The van der Waals surface area contributed by atoms with Crippen molar-refractivity contribution in [1.82, 2.24) is 9.21 Å². The van der Waals surface area contributed by atoms with E-state index in [1.807, 2.05) is 17.0 Å². The van der Waals surface area contributed by atoms with Crippen LogP contribution in [0.5, 0.6) is 5.75 Å². The largest absolute Gasteiger partial charge is 0.482 e. The molecule has 4 rings (SSSR count). The summed E-state index contributed by atoms with van der Waals surface area (Å²) in [6.45, 7) is 2.39. The van der Waals surface area contributed by atoms with Gasteiger partial charge >= 0.3 is 0 Å². The average Bonchev–Trinajstić information content (AvgIpc) is 3.40. The third-order valence-corrected chi connectivity index (χ3v) is 8.46. The van der Waals surface area contributed by atoms with Gasteiger partial charge in [0.25, 0.3) is 5.91 Å². The zero-order valence-electron chi connectivity index (χ0n) is 19.5. The van der Waals surface area contributed by atoms with Crippen molar-refractivity contribution in [3.63, 3.8) is 0 Å². The van der Waals surface area contributed by atoms with Gasteiger partial charge in [-0.05, 0) is 61.6 Å². The van der Waals surface area contributed by atoms with E-state index in [1.54, 1.807) is 12.1 Å². The Bertz CT molecular complexity index is 1160. The highest BCUT2D eigenvalue weighted by Crippen LogP contribution is 2.29. The highest BCUT2D eigenvalue weighted by molar-refractivity contribution is 7.89. The first kappa shape index (κ1) is 25.5. The second-order valence-corrected chi connectivity index (χ2v) is 11.2. The predicted octanol–water partition coefficient (Wildman–Crippen LogP) is 3.70. The summed E-state index contributed by atoms with van der Waals surface area (Å²) in [5.41, 5.74) is 1.48. The van der Waals surface area contributed by atoms with Gasteiger partial charge in [0, 0.05) is 31.9 Å². The second-order valence-electron chi connectivity index (χ2n) is 8.86. The number of amides is 2. The lowest BCUT2D eigenvalue weighted by Crippen LogP contribution is -2.35. The van der Waals surface area contributed by atoms with Crippen LogP contribution in [0.4, 0.5) is 5.69 Å². The van der Waals surface area contributed by atoms with Gasteiger partial charge in [0.05, 0.1) is 16.3 Å². The molecule has 0 atom stereocenters. The third kappa shape index (κ3) is 6.54. The molecule has 2 aromatic rings. The summed E-state index contributed by atoms with van der Waals surface area (Å²) >= 11 is 6.25. The number of carbonyl (C=O) groups excluding carboxylic acids is 2. The lowest BCUT2D eigenvalue weighted by Gasteiger charge is -2.26. The van der Waals surface area contributed by atoms with Crippen molar-refractivity contribution in [1.29, 1.82) is 0 Å². The molecule has 1 N–H and O–H groups in total. The minimum absolute atomic E-state index is 0.115. The van der Waals surface area contributed by atoms with Crippen LogP contribution in [0, 0.1) is 0 Å². The second kappa shape index (κ2) is 11.4. The fraction of sp³-hybridized carbons (Fsp3) is 0.440. The number of hydrogen-bond donors (Lipinski definition) is 1. The topological polar surface area (TPSA) is 96.0 Å². The number of rotatable bonds is 8. The molecule has 0 aliphatic carbocycles. The molecule has 0 bridgehead atoms. The Balaban J connectivity index is 1.28. The smallest absolute Gasteiger partial charge is 0.262 e. The standard InChI is InChI=1S/C25H30ClN3O5S/c26-22-17-21(35(32,33)29-14-2-1-3-15-29)10-11-23(22)34-18-24(30)27-20-8-6-19(7-9-20)16-25(31)28-12-4-5-13-28/h6-11,17H,1-5,12-16,18H2,(H,27,30). The molecule has 2 aromatic carbocycles. The molecule has 2 heterocycles. The molecule has 2 aliphatic rings. The number of halogens is 1. The van der Waals surface area contributed by atoms with Gasteiger partial charge in [-0.15, -0.1) is 0 Å². The first-order chi connectivity index (χ1) is 16.8. The molecule has 188 valence electrons. The van der Waals surface area contributed by atoms with Gasteiger partial charge in [-0.25, -0.2) is 8.42 Å². The summed E-state index contributed by atoms with van der Waals surface area (Å²) in [7, 11) is -3.60. The zero-order chi connectivity index (χ0) is 24.8. The summed E-state index contributed by atoms with van der Waals surface area (Å²) < 4.78 is 32.6. The molecule has 0 aromatic heterocycles. The Morgan fingerprint density at radius 1 is 0.914 bits per heavy atom. The number of hydrogen-bond acceptors (Lipinski definition) is 5. The monoisotopic (exact) mass is 519 g/mol. The molecular formula is C25H30ClN3O5S. The molecular weight excluding hydrogens is 490 g/mol. The normalized spacial score (nSPS) is 16.8. The molecule has 35 heavy (non-hydrogen) atoms. The van der Waals surface area contributed by atoms with Crippen LogP contribution in [-0.4, -0.2) is 62.2 Å². The molecule has 0 saturated carbocycles. The number of anilines is 1. The average molecular weight is 520 g/mol. The number of piperidine rings is 1. The third-order valence-electron chi connectivity index (χ3n) is 6.27. The van der Waals surface area contributed by atoms with E-state index in [4.69, 9.17) is 16.3 Å². The van der Waals surface area contributed by atoms with Gasteiger partial charge in [-0.3, -0.25) is 9.59 Å². The van der Waals surface area contributed by atoms with E-state index in [2.05, 4.69) is 5.32 Å². The number of nitrogens with zero attached hydrogens (tertiary/aromatic N) is 2. The van der Waals surface area contributed by atoms with Gasteiger partial charge in [0.1, 0.15) is 5.75 Å². The van der Waals surface area contributed by atoms with Crippen molar-refractivity contribution >= 4 is 39.1 Å². The zero-order valence-corrected chi connectivity index (χ0v) is 21.1. The Kier molecular flexibility index (Phi) is 8.30. The molecule has 2 fully saturated rings. The van der Waals surface area contributed by atoms with E-state index >= 15 is 0 Å². The van der Waals surface area contributed by atoms with Gasteiger partial charge in [-0.2, -0.15) is 4.31 Å². The van der Waals surface area contributed by atoms with E-state index < -0.39 is 10.0 Å². The first-order valence-corrected chi connectivity index (χ1v) is 13.7. The quantitative estimate of drug-likeness (QED) is 0.573. The molecule has 0 spiro atoms. The summed E-state index contributed by atoms with van der Waals surface area (Å²) in [5, 5.41) is 2.87. The van der Waals surface area contributed by atoms with E-state index in [0.29, 0.717) is 25.2 Å². The van der Waals surface area contributed by atoms with Crippen molar-refractivity contribution in [3.05, 3.63) is 53.1 Å². The lowest BCUT2D eigenvalue weighted by atomic mass is 10.1. The van der Waals surface area contributed by atoms with Crippen LogP contribution in [0.2, 0.25) is 5.02 Å². The van der Waals surface area contributed by atoms with Crippen molar-refractivity contribution in [2.45, 2.75) is 43.4 Å². The van der Waals surface area contributed by atoms with Gasteiger partial charge in [-0.1, -0.05) is 30.2 Å². The lowest BCUT2D eigenvalue weighted by molar-refractivity contribution is -0.129. The molecule has 8 nitrogen and oxygen atoms in total. The fourth-order valence-corrected chi connectivity index (χ4v) is 6.16. The molecule has 0 unspecified atom stereocenters. The van der Waals surface area contributed by atoms with Crippen LogP contribution in [0.3, 0.4) is 0 Å². The Hall–Kier alpha value is -2.62. The number of ether oxygens (including phenoxy) is 1. The Morgan fingerprint density at radius 2 is 1.57 bits per heavy atom. The maximum Gasteiger partial charge on any atom is 0.262 e. The predicted molar refractivity (Wildman–Crippen MR) is 134 cm³/mol. The highest BCUT2D eigenvalue weighted by Gasteiger charge is 2.26. The number of likely N-dealkylation sites (tertiary alicyclic amines) is 1. The number of nitrogens with one attached hydrogen (secondary N) is 1. The molecule has 10 heteroatoms. The van der Waals surface area contributed by atoms with Crippen molar-refractivity contribution in [2.75, 3.05) is 38.1 Å². The summed E-state index contributed by atoms with van der Waals surface area (Å²) in [4.78, 5) is 26.6. The number of carbonyl (C=O) groups is 2. The molecule has 2 saturated heterocycles. The minimum Gasteiger partial charge on any atom is -0.482 e. The SMILES string of the molecule is O=C(COc1ccc(S(=O)(=O)N2CCCCC2)cc1Cl)Nc1ccc(CC(=O)N2CCCC2)cc1. The van der Waals surface area contributed by atoms with Crippen LogP contribution in [0.25, 0.3) is 0 Å². The minimum atomic E-state index is -3.60. The highest BCUT2D eigenvalue weighted by atomic mass is 35.5. The maximum atomic E-state index is 12.8. The molecule has 2 amide bonds. The van der Waals surface area contributed by atoms with Crippen molar-refractivity contribution < 1.29 is 22.7 Å². The van der Waals surface area contributed by atoms with Gasteiger partial charge in [0.15, 0.2) is 6.61 Å². The fourth-order valence-electron chi connectivity index (χ4n) is 4.31. The summed E-state index contributed by atoms with van der Waals surface area (Å²) in [6.07, 6.45) is 5.20. The van der Waals surface area contributed by atoms with E-state index in [0.717, 1.165) is 50.8 Å². The number of benzene rings is 2. The van der Waals surface area contributed by atoms with Crippen LogP contribution in [-0.2, 0) is 26.0 Å². The number of sulfonamides is 1. The molecule has 0 radical (unpaired) electrons. The summed E-state index contributed by atoms with van der Waals surface area (Å²) in [6, 6.07) is 11.4. The van der Waals surface area contributed by atoms with Gasteiger partial charge < -0.3 is 15.0 Å². The molecule has 2 aliphatic heterocycles. The Labute approximate surface area is 211 Å². The summed E-state index contributed by atoms with van der Waals surface area (Å²) in [5.74, 6) is -0.0264. The van der Waals surface area contributed by atoms with Gasteiger partial charge in [0.2, 0.25) is 15.9 Å². The van der Waals surface area contributed by atoms with E-state index in [-0.39, 0.29) is 34.1 Å². The maximum absolute atomic E-state index is 12.8. The van der Waals surface area contributed by atoms with Crippen LogP contribution >= 0.6 is 11.6 Å². The van der Waals surface area contributed by atoms with Crippen LogP contribution < -0.4 is 10.1 Å². The van der Waals surface area contributed by atoms with Crippen LogP contribution in [0.15, 0.2) is 47.4 Å². The van der Waals surface area contributed by atoms with E-state index in [1.165, 1.54) is 22.5 Å². The van der Waals surface area contributed by atoms with Crippen molar-refractivity contribution in [3.8, 4) is 5.75 Å². The van der Waals surface area contributed by atoms with Crippen molar-refractivity contribution in [2.24, 2.45) is 0 Å². The first-order valence-electron chi connectivity index (χ1n) is 11.9.